The number of methoxy groups -OCH3 is 2. The Morgan fingerprint density at radius 2 is 1.64 bits per heavy atom. The summed E-state index contributed by atoms with van der Waals surface area (Å²) < 4.78 is 10.9. The maximum absolute atomic E-state index is 12.2. The maximum atomic E-state index is 12.2. The van der Waals surface area contributed by atoms with Crippen LogP contribution in [0.15, 0.2) is 36.8 Å². The molecule has 0 radical (unpaired) electrons. The van der Waals surface area contributed by atoms with E-state index in [1.807, 2.05) is 20.2 Å². The van der Waals surface area contributed by atoms with Crippen LogP contribution in [0.4, 0.5) is 11.8 Å². The van der Waals surface area contributed by atoms with E-state index < -0.39 is 12.0 Å². The smallest absolute Gasteiger partial charge is 0.326 e. The largest absolute Gasteiger partial charge is 0.496 e. The Balaban J connectivity index is 1.90. The summed E-state index contributed by atoms with van der Waals surface area (Å²) in [4.78, 5) is 32.0. The molecule has 1 unspecified atom stereocenters. The molecule has 0 saturated heterocycles. The van der Waals surface area contributed by atoms with Crippen LogP contribution in [0.25, 0.3) is 11.4 Å². The normalized spacial score (nSPS) is 11.8. The van der Waals surface area contributed by atoms with Gasteiger partial charge in [-0.3, -0.25) is 0 Å². The summed E-state index contributed by atoms with van der Waals surface area (Å²) in [5, 5.41) is 13.1. The van der Waals surface area contributed by atoms with Gasteiger partial charge in [-0.15, -0.1) is 0 Å². The molecule has 0 aliphatic rings. The number of benzene rings is 1. The number of aromatic nitrogens is 4. The molecule has 0 amide bonds. The van der Waals surface area contributed by atoms with E-state index in [0.29, 0.717) is 40.2 Å². The molecule has 0 aliphatic carbocycles. The summed E-state index contributed by atoms with van der Waals surface area (Å²) in [6.07, 6.45) is 7.00. The molecule has 0 saturated carbocycles. The molecule has 10 heteroatoms. The molecule has 2 N–H and O–H groups in total. The van der Waals surface area contributed by atoms with Gasteiger partial charge in [0.05, 0.1) is 14.2 Å². The van der Waals surface area contributed by atoms with E-state index in [9.17, 15) is 9.90 Å². The van der Waals surface area contributed by atoms with Crippen molar-refractivity contribution in [3.63, 3.8) is 0 Å². The van der Waals surface area contributed by atoms with Gasteiger partial charge < -0.3 is 24.8 Å². The second-order valence-electron chi connectivity index (χ2n) is 8.57. The van der Waals surface area contributed by atoms with Crippen LogP contribution >= 0.6 is 0 Å². The van der Waals surface area contributed by atoms with Gasteiger partial charge in [0.2, 0.25) is 5.95 Å². The quantitative estimate of drug-likeness (QED) is 0.381. The number of carbonyl (C=O) groups is 1. The highest BCUT2D eigenvalue weighted by Gasteiger charge is 2.24. The van der Waals surface area contributed by atoms with Gasteiger partial charge in [0.1, 0.15) is 28.9 Å². The van der Waals surface area contributed by atoms with E-state index in [0.717, 1.165) is 18.4 Å². The van der Waals surface area contributed by atoms with Crippen molar-refractivity contribution in [2.75, 3.05) is 38.5 Å². The van der Waals surface area contributed by atoms with Crippen molar-refractivity contribution in [2.45, 2.75) is 45.1 Å². The minimum atomic E-state index is -0.994. The Labute approximate surface area is 211 Å². The lowest BCUT2D eigenvalue weighted by Crippen LogP contribution is -2.33. The van der Waals surface area contributed by atoms with Crippen LogP contribution in [0.2, 0.25) is 0 Å². The molecule has 3 aromatic rings. The van der Waals surface area contributed by atoms with Gasteiger partial charge in [0, 0.05) is 44.7 Å². The number of rotatable bonds is 12. The van der Waals surface area contributed by atoms with E-state index in [1.54, 1.807) is 49.8 Å². The Hall–Kier alpha value is -3.95. The van der Waals surface area contributed by atoms with E-state index in [2.05, 4.69) is 39.1 Å². The number of carboxylic acids is 1. The monoisotopic (exact) mass is 494 g/mol. The van der Waals surface area contributed by atoms with E-state index in [-0.39, 0.29) is 12.3 Å². The minimum Gasteiger partial charge on any atom is -0.496 e. The van der Waals surface area contributed by atoms with Crippen molar-refractivity contribution >= 4 is 17.7 Å². The first-order chi connectivity index (χ1) is 17.3. The van der Waals surface area contributed by atoms with Gasteiger partial charge in [-0.2, -0.15) is 4.98 Å². The van der Waals surface area contributed by atoms with Crippen LogP contribution in [0, 0.1) is 0 Å². The van der Waals surface area contributed by atoms with Crippen LogP contribution in [-0.4, -0.2) is 65.4 Å². The van der Waals surface area contributed by atoms with Crippen LogP contribution < -0.4 is 19.7 Å². The first-order valence-corrected chi connectivity index (χ1v) is 11.9. The SMILES string of the molecule is CCC(CC)c1cnc(N(C)C)nc1NC(Cc1cnc(-c2c(OC)cccc2OC)nc1)C(=O)O. The Morgan fingerprint density at radius 1 is 1.03 bits per heavy atom. The fourth-order valence-corrected chi connectivity index (χ4v) is 4.00. The average Bonchev–Trinajstić information content (AvgIpc) is 2.89. The standard InChI is InChI=1S/C26H34N6O4/c1-7-17(8-2)18-15-29-26(32(3)4)31-23(18)30-19(25(33)34)12-16-13-27-24(28-14-16)22-20(35-5)10-9-11-21(22)36-6/h9-11,13-15,17,19H,7-8,12H2,1-6H3,(H,33,34)(H,29,30,31). The molecule has 2 heterocycles. The van der Waals surface area contributed by atoms with Gasteiger partial charge in [0.15, 0.2) is 5.82 Å². The third kappa shape index (κ3) is 5.99. The minimum absolute atomic E-state index is 0.169. The van der Waals surface area contributed by atoms with Crippen molar-refractivity contribution < 1.29 is 19.4 Å². The molecular weight excluding hydrogens is 460 g/mol. The second-order valence-corrected chi connectivity index (χ2v) is 8.57. The summed E-state index contributed by atoms with van der Waals surface area (Å²) in [6, 6.07) is 4.50. The first-order valence-electron chi connectivity index (χ1n) is 11.9. The van der Waals surface area contributed by atoms with E-state index >= 15 is 0 Å². The molecular formula is C26H34N6O4. The third-order valence-electron chi connectivity index (χ3n) is 6.04. The highest BCUT2D eigenvalue weighted by molar-refractivity contribution is 5.78. The molecule has 10 nitrogen and oxygen atoms in total. The van der Waals surface area contributed by atoms with Gasteiger partial charge >= 0.3 is 5.97 Å². The molecule has 0 spiro atoms. The zero-order chi connectivity index (χ0) is 26.2. The topological polar surface area (TPSA) is 123 Å². The predicted molar refractivity (Wildman–Crippen MR) is 139 cm³/mol. The zero-order valence-corrected chi connectivity index (χ0v) is 21.6. The van der Waals surface area contributed by atoms with Crippen molar-refractivity contribution in [1.29, 1.82) is 0 Å². The van der Waals surface area contributed by atoms with Crippen molar-refractivity contribution in [1.82, 2.24) is 19.9 Å². The summed E-state index contributed by atoms with van der Waals surface area (Å²) in [5.41, 5.74) is 2.21. The molecule has 1 aromatic carbocycles. The highest BCUT2D eigenvalue weighted by atomic mass is 16.5. The van der Waals surface area contributed by atoms with Gasteiger partial charge in [-0.05, 0) is 36.5 Å². The predicted octanol–water partition coefficient (Wildman–Crippen LogP) is 4.03. The molecule has 192 valence electrons. The van der Waals surface area contributed by atoms with Crippen molar-refractivity contribution in [2.24, 2.45) is 0 Å². The summed E-state index contributed by atoms with van der Waals surface area (Å²) in [5.74, 6) is 1.86. The Bertz CT molecular complexity index is 1140. The van der Waals surface area contributed by atoms with Gasteiger partial charge in [0.25, 0.3) is 0 Å². The lowest BCUT2D eigenvalue weighted by Gasteiger charge is -2.22. The number of aliphatic carboxylic acids is 1. The van der Waals surface area contributed by atoms with Crippen LogP contribution in [0.1, 0.15) is 43.7 Å². The number of anilines is 2. The zero-order valence-electron chi connectivity index (χ0n) is 21.6. The Kier molecular flexibility index (Phi) is 8.99. The summed E-state index contributed by atoms with van der Waals surface area (Å²) in [6.45, 7) is 4.20. The van der Waals surface area contributed by atoms with Crippen LogP contribution in [0.3, 0.4) is 0 Å². The van der Waals surface area contributed by atoms with Crippen LogP contribution in [0.5, 0.6) is 11.5 Å². The number of hydrogen-bond donors (Lipinski definition) is 2. The number of nitrogens with one attached hydrogen (secondary N) is 1. The molecule has 36 heavy (non-hydrogen) atoms. The van der Waals surface area contributed by atoms with Crippen LogP contribution in [-0.2, 0) is 11.2 Å². The molecule has 3 rings (SSSR count). The number of ether oxygens (including phenoxy) is 2. The molecule has 0 aliphatic heterocycles. The summed E-state index contributed by atoms with van der Waals surface area (Å²) >= 11 is 0. The number of nitrogens with zero attached hydrogens (tertiary/aromatic N) is 5. The highest BCUT2D eigenvalue weighted by Crippen LogP contribution is 2.36. The second kappa shape index (κ2) is 12.1. The van der Waals surface area contributed by atoms with E-state index in [1.165, 1.54) is 0 Å². The number of carboxylic acid groups (broad SMARTS) is 1. The van der Waals surface area contributed by atoms with Gasteiger partial charge in [-0.1, -0.05) is 19.9 Å². The molecule has 2 aromatic heterocycles. The van der Waals surface area contributed by atoms with Crippen molar-refractivity contribution in [3.8, 4) is 22.9 Å². The lowest BCUT2D eigenvalue weighted by molar-refractivity contribution is -0.137. The fraction of sp³-hybridized carbons (Fsp3) is 0.423. The molecule has 0 bridgehead atoms. The van der Waals surface area contributed by atoms with Crippen molar-refractivity contribution in [3.05, 3.63) is 47.9 Å². The molecule has 1 atom stereocenters. The maximum Gasteiger partial charge on any atom is 0.326 e. The first kappa shape index (κ1) is 26.7. The average molecular weight is 495 g/mol. The lowest BCUT2D eigenvalue weighted by atomic mass is 9.95. The summed E-state index contributed by atoms with van der Waals surface area (Å²) in [7, 11) is 6.83. The van der Waals surface area contributed by atoms with E-state index in [4.69, 9.17) is 9.47 Å². The fourth-order valence-electron chi connectivity index (χ4n) is 4.00. The van der Waals surface area contributed by atoms with Gasteiger partial charge in [-0.25, -0.2) is 19.7 Å². The Morgan fingerprint density at radius 3 is 2.14 bits per heavy atom. The third-order valence-corrected chi connectivity index (χ3v) is 6.04. The molecule has 0 fully saturated rings. The number of hydrogen-bond acceptors (Lipinski definition) is 9.